The highest BCUT2D eigenvalue weighted by Crippen LogP contribution is 2.11. The molecule has 1 N–H and O–H groups in total. The maximum Gasteiger partial charge on any atom is 0.336 e. The van der Waals surface area contributed by atoms with E-state index in [1.54, 1.807) is 36.4 Å². The maximum absolute atomic E-state index is 12.4. The van der Waals surface area contributed by atoms with E-state index in [1.165, 1.54) is 17.0 Å². The number of para-hydroxylation sites is 1. The third-order valence-corrected chi connectivity index (χ3v) is 3.32. The lowest BCUT2D eigenvalue weighted by atomic mass is 10.1. The Labute approximate surface area is 120 Å². The van der Waals surface area contributed by atoms with Crippen LogP contribution in [0.1, 0.15) is 15.9 Å². The number of hydrogen-bond acceptors (Lipinski definition) is 3. The molecule has 0 saturated carbocycles. The van der Waals surface area contributed by atoms with Gasteiger partial charge in [-0.3, -0.25) is 9.36 Å². The van der Waals surface area contributed by atoms with E-state index < -0.39 is 5.97 Å². The number of fused-ring (bicyclic) bond motifs is 1. The van der Waals surface area contributed by atoms with Crippen molar-refractivity contribution in [2.24, 2.45) is 0 Å². The van der Waals surface area contributed by atoms with Gasteiger partial charge >= 0.3 is 5.97 Å². The van der Waals surface area contributed by atoms with Gasteiger partial charge in [-0.1, -0.05) is 30.3 Å². The van der Waals surface area contributed by atoms with Crippen LogP contribution in [0.3, 0.4) is 0 Å². The molecule has 0 radical (unpaired) electrons. The Morgan fingerprint density at radius 1 is 1.10 bits per heavy atom. The topological polar surface area (TPSA) is 72.2 Å². The van der Waals surface area contributed by atoms with Gasteiger partial charge in [0.2, 0.25) is 0 Å². The molecule has 104 valence electrons. The van der Waals surface area contributed by atoms with E-state index in [2.05, 4.69) is 4.98 Å². The number of nitrogens with zero attached hydrogens (tertiary/aromatic N) is 2. The molecular formula is C16H12N2O3. The van der Waals surface area contributed by atoms with E-state index in [0.717, 1.165) is 0 Å². The third-order valence-electron chi connectivity index (χ3n) is 3.32. The maximum atomic E-state index is 12.4. The number of benzene rings is 2. The summed E-state index contributed by atoms with van der Waals surface area (Å²) in [5, 5.41) is 9.70. The Morgan fingerprint density at radius 3 is 2.62 bits per heavy atom. The molecule has 0 aliphatic carbocycles. The molecule has 0 bridgehead atoms. The largest absolute Gasteiger partial charge is 0.478 e. The number of carboxylic acid groups (broad SMARTS) is 1. The summed E-state index contributed by atoms with van der Waals surface area (Å²) >= 11 is 0. The van der Waals surface area contributed by atoms with Crippen molar-refractivity contribution in [3.8, 4) is 0 Å². The predicted molar refractivity (Wildman–Crippen MR) is 78.5 cm³/mol. The monoisotopic (exact) mass is 280 g/mol. The van der Waals surface area contributed by atoms with Gasteiger partial charge in [-0.05, 0) is 23.8 Å². The van der Waals surface area contributed by atoms with E-state index >= 15 is 0 Å². The summed E-state index contributed by atoms with van der Waals surface area (Å²) in [6.45, 7) is 0.180. The van der Waals surface area contributed by atoms with Crippen LogP contribution in [0.5, 0.6) is 0 Å². The fraction of sp³-hybridized carbons (Fsp3) is 0.0625. The number of aromatic carboxylic acids is 1. The van der Waals surface area contributed by atoms with Crippen molar-refractivity contribution in [1.29, 1.82) is 0 Å². The molecule has 0 fully saturated rings. The average Bonchev–Trinajstić information content (AvgIpc) is 2.51. The first-order chi connectivity index (χ1) is 10.2. The van der Waals surface area contributed by atoms with E-state index in [9.17, 15) is 14.7 Å². The van der Waals surface area contributed by atoms with Crippen LogP contribution in [0.4, 0.5) is 0 Å². The highest BCUT2D eigenvalue weighted by Gasteiger charge is 2.11. The number of hydrogen-bond donors (Lipinski definition) is 1. The molecule has 0 aliphatic heterocycles. The molecule has 0 spiro atoms. The van der Waals surface area contributed by atoms with E-state index in [-0.39, 0.29) is 17.7 Å². The van der Waals surface area contributed by atoms with Crippen LogP contribution < -0.4 is 5.56 Å². The molecule has 0 atom stereocenters. The molecule has 3 rings (SSSR count). The van der Waals surface area contributed by atoms with Crippen molar-refractivity contribution in [2.75, 3.05) is 0 Å². The minimum atomic E-state index is -1.01. The summed E-state index contributed by atoms with van der Waals surface area (Å²) in [6, 6.07) is 13.7. The van der Waals surface area contributed by atoms with Crippen LogP contribution in [0.25, 0.3) is 10.9 Å². The van der Waals surface area contributed by atoms with Gasteiger partial charge in [0.15, 0.2) is 0 Å². The number of carboxylic acids is 1. The van der Waals surface area contributed by atoms with Crippen LogP contribution >= 0.6 is 0 Å². The number of rotatable bonds is 3. The summed E-state index contributed by atoms with van der Waals surface area (Å²) in [5.74, 6) is -1.01. The van der Waals surface area contributed by atoms with Gasteiger partial charge in [-0.25, -0.2) is 9.78 Å². The van der Waals surface area contributed by atoms with Crippen molar-refractivity contribution < 1.29 is 9.90 Å². The first kappa shape index (κ1) is 13.1. The molecule has 5 heteroatoms. The van der Waals surface area contributed by atoms with Crippen molar-refractivity contribution in [3.05, 3.63) is 76.3 Å². The highest BCUT2D eigenvalue weighted by atomic mass is 16.4. The Hall–Kier alpha value is -2.95. The first-order valence-electron chi connectivity index (χ1n) is 6.42. The standard InChI is InChI=1S/C16H12N2O3/c19-15-13-7-3-4-8-14(13)17-10-18(15)9-11-5-1-2-6-12(11)16(20)21/h1-8,10H,9H2,(H,20,21). The van der Waals surface area contributed by atoms with Crippen LogP contribution in [-0.4, -0.2) is 20.6 Å². The van der Waals surface area contributed by atoms with Crippen molar-refractivity contribution >= 4 is 16.9 Å². The van der Waals surface area contributed by atoms with Crippen molar-refractivity contribution in [2.45, 2.75) is 6.54 Å². The van der Waals surface area contributed by atoms with E-state index in [1.807, 2.05) is 6.07 Å². The van der Waals surface area contributed by atoms with Crippen LogP contribution in [0, 0.1) is 0 Å². The van der Waals surface area contributed by atoms with E-state index in [4.69, 9.17) is 0 Å². The normalized spacial score (nSPS) is 10.7. The second-order valence-corrected chi connectivity index (χ2v) is 4.66. The van der Waals surface area contributed by atoms with Gasteiger partial charge in [0.25, 0.3) is 5.56 Å². The summed E-state index contributed by atoms with van der Waals surface area (Å²) in [7, 11) is 0. The predicted octanol–water partition coefficient (Wildman–Crippen LogP) is 2.14. The number of aromatic nitrogens is 2. The lowest BCUT2D eigenvalue weighted by molar-refractivity contribution is 0.0695. The summed E-state index contributed by atoms with van der Waals surface area (Å²) in [6.07, 6.45) is 1.45. The Morgan fingerprint density at radius 2 is 1.81 bits per heavy atom. The zero-order chi connectivity index (χ0) is 14.8. The Kier molecular flexibility index (Phi) is 3.23. The molecule has 0 amide bonds. The average molecular weight is 280 g/mol. The smallest absolute Gasteiger partial charge is 0.336 e. The molecule has 0 unspecified atom stereocenters. The molecule has 5 nitrogen and oxygen atoms in total. The van der Waals surface area contributed by atoms with Gasteiger partial charge in [0.05, 0.1) is 29.3 Å². The summed E-state index contributed by atoms with van der Waals surface area (Å²) in [4.78, 5) is 27.8. The number of carbonyl (C=O) groups is 1. The van der Waals surface area contributed by atoms with Gasteiger partial charge < -0.3 is 5.11 Å². The molecule has 1 heterocycles. The SMILES string of the molecule is O=C(O)c1ccccc1Cn1cnc2ccccc2c1=O. The lowest BCUT2D eigenvalue weighted by Gasteiger charge is -2.09. The minimum Gasteiger partial charge on any atom is -0.478 e. The molecule has 0 aliphatic rings. The van der Waals surface area contributed by atoms with Gasteiger partial charge in [0.1, 0.15) is 0 Å². The molecule has 0 saturated heterocycles. The second kappa shape index (κ2) is 5.20. The van der Waals surface area contributed by atoms with Gasteiger partial charge in [-0.2, -0.15) is 0 Å². The zero-order valence-corrected chi connectivity index (χ0v) is 11.1. The summed E-state index contributed by atoms with van der Waals surface area (Å²) < 4.78 is 1.42. The van der Waals surface area contributed by atoms with Gasteiger partial charge in [-0.15, -0.1) is 0 Å². The van der Waals surface area contributed by atoms with E-state index in [0.29, 0.717) is 16.5 Å². The minimum absolute atomic E-state index is 0.180. The Bertz CT molecular complexity index is 884. The zero-order valence-electron chi connectivity index (χ0n) is 11.1. The van der Waals surface area contributed by atoms with Gasteiger partial charge in [0, 0.05) is 0 Å². The van der Waals surface area contributed by atoms with Crippen LogP contribution in [0.2, 0.25) is 0 Å². The molecule has 2 aromatic carbocycles. The van der Waals surface area contributed by atoms with Crippen molar-refractivity contribution in [1.82, 2.24) is 9.55 Å². The fourth-order valence-corrected chi connectivity index (χ4v) is 2.27. The first-order valence-corrected chi connectivity index (χ1v) is 6.42. The lowest BCUT2D eigenvalue weighted by Crippen LogP contribution is -2.22. The molecule has 21 heavy (non-hydrogen) atoms. The molecule has 1 aromatic heterocycles. The van der Waals surface area contributed by atoms with Crippen LogP contribution in [-0.2, 0) is 6.54 Å². The summed E-state index contributed by atoms with van der Waals surface area (Å²) in [5.41, 5.74) is 1.22. The Balaban J connectivity index is 2.09. The molecular weight excluding hydrogens is 268 g/mol. The highest BCUT2D eigenvalue weighted by molar-refractivity contribution is 5.89. The third kappa shape index (κ3) is 2.41. The van der Waals surface area contributed by atoms with Crippen molar-refractivity contribution in [3.63, 3.8) is 0 Å². The fourth-order valence-electron chi connectivity index (χ4n) is 2.27. The molecule has 3 aromatic rings. The second-order valence-electron chi connectivity index (χ2n) is 4.66. The quantitative estimate of drug-likeness (QED) is 0.797. The van der Waals surface area contributed by atoms with Crippen LogP contribution in [0.15, 0.2) is 59.7 Å².